The average molecular weight is 418 g/mol. The molecule has 0 radical (unpaired) electrons. The maximum absolute atomic E-state index is 4.44. The summed E-state index contributed by atoms with van der Waals surface area (Å²) in [5.41, 5.74) is 2.70. The van der Waals surface area contributed by atoms with Gasteiger partial charge in [-0.1, -0.05) is 6.08 Å². The van der Waals surface area contributed by atoms with Crippen LogP contribution in [0.2, 0.25) is 0 Å². The highest BCUT2D eigenvalue weighted by molar-refractivity contribution is 14.1. The van der Waals surface area contributed by atoms with Crippen molar-refractivity contribution >= 4 is 40.3 Å². The smallest absolute Gasteiger partial charge is 0.139 e. The standard InChI is InChI=1S/C18H19IN4/c19-15-3-5-16(6-4-15)23-10-8-22(9-11-23)13-14-12-21-18-17(14)2-1-7-20-18/h1-7,12,17H,8-11,13H2. The molecule has 0 saturated carbocycles. The van der Waals surface area contributed by atoms with Crippen LogP contribution in [0.25, 0.3) is 0 Å². The summed E-state index contributed by atoms with van der Waals surface area (Å²) in [6, 6.07) is 8.81. The van der Waals surface area contributed by atoms with E-state index in [-0.39, 0.29) is 0 Å². The number of anilines is 1. The summed E-state index contributed by atoms with van der Waals surface area (Å²) in [5.74, 6) is 1.24. The number of amidine groups is 1. The minimum Gasteiger partial charge on any atom is -0.369 e. The van der Waals surface area contributed by atoms with Crippen molar-refractivity contribution in [2.24, 2.45) is 15.9 Å². The molecule has 0 N–H and O–H groups in total. The predicted molar refractivity (Wildman–Crippen MR) is 104 cm³/mol. The lowest BCUT2D eigenvalue weighted by Crippen LogP contribution is -2.47. The molecule has 118 valence electrons. The number of allylic oxidation sites excluding steroid dienone is 1. The lowest BCUT2D eigenvalue weighted by atomic mass is 9.98. The third-order valence-electron chi connectivity index (χ3n) is 4.61. The van der Waals surface area contributed by atoms with Crippen molar-refractivity contribution in [2.45, 2.75) is 0 Å². The number of hydrogen-bond acceptors (Lipinski definition) is 4. The van der Waals surface area contributed by atoms with Crippen molar-refractivity contribution in [1.82, 2.24) is 4.90 Å². The summed E-state index contributed by atoms with van der Waals surface area (Å²) in [6.07, 6.45) is 8.06. The number of benzene rings is 1. The van der Waals surface area contributed by atoms with E-state index in [2.05, 4.69) is 72.7 Å². The van der Waals surface area contributed by atoms with Gasteiger partial charge in [0.2, 0.25) is 0 Å². The largest absolute Gasteiger partial charge is 0.369 e. The fraction of sp³-hybridized carbons (Fsp3) is 0.333. The van der Waals surface area contributed by atoms with Gasteiger partial charge in [0.1, 0.15) is 5.84 Å². The van der Waals surface area contributed by atoms with Crippen LogP contribution in [0, 0.1) is 9.49 Å². The number of aliphatic imine (C=N–C) groups is 2. The molecule has 1 aromatic rings. The summed E-state index contributed by atoms with van der Waals surface area (Å²) in [5, 5.41) is 0. The number of nitrogens with zero attached hydrogens (tertiary/aromatic N) is 4. The molecule has 3 aliphatic heterocycles. The number of fused-ring (bicyclic) bond motifs is 1. The summed E-state index contributed by atoms with van der Waals surface area (Å²) >= 11 is 2.35. The van der Waals surface area contributed by atoms with E-state index in [0.29, 0.717) is 5.92 Å². The Kier molecular flexibility index (Phi) is 4.31. The minimum absolute atomic E-state index is 0.300. The molecule has 0 bridgehead atoms. The number of hydrogen-bond donors (Lipinski definition) is 0. The van der Waals surface area contributed by atoms with Crippen LogP contribution in [0.4, 0.5) is 5.69 Å². The van der Waals surface area contributed by atoms with Crippen LogP contribution in [0.5, 0.6) is 0 Å². The van der Waals surface area contributed by atoms with Gasteiger partial charge in [0, 0.05) is 54.4 Å². The molecule has 1 atom stereocenters. The number of dihydropyridines is 1. The zero-order valence-electron chi connectivity index (χ0n) is 12.9. The van der Waals surface area contributed by atoms with Gasteiger partial charge in [0.05, 0.1) is 5.92 Å². The maximum Gasteiger partial charge on any atom is 0.139 e. The molecule has 3 heterocycles. The highest BCUT2D eigenvalue weighted by atomic mass is 127. The summed E-state index contributed by atoms with van der Waals surface area (Å²) in [4.78, 5) is 13.8. The van der Waals surface area contributed by atoms with Crippen LogP contribution < -0.4 is 4.90 Å². The molecule has 1 unspecified atom stereocenters. The zero-order valence-corrected chi connectivity index (χ0v) is 15.1. The first kappa shape index (κ1) is 15.1. The van der Waals surface area contributed by atoms with Gasteiger partial charge in [0.15, 0.2) is 0 Å². The molecule has 0 aromatic heterocycles. The average Bonchev–Trinajstić information content (AvgIpc) is 3.00. The monoisotopic (exact) mass is 418 g/mol. The lowest BCUT2D eigenvalue weighted by molar-refractivity contribution is 0.275. The number of piperazine rings is 1. The van der Waals surface area contributed by atoms with E-state index in [9.17, 15) is 0 Å². The normalized spacial score (nSPS) is 23.7. The molecule has 23 heavy (non-hydrogen) atoms. The van der Waals surface area contributed by atoms with Gasteiger partial charge < -0.3 is 4.90 Å². The van der Waals surface area contributed by atoms with Crippen molar-refractivity contribution in [3.8, 4) is 0 Å². The molecule has 0 amide bonds. The second-order valence-electron chi connectivity index (χ2n) is 6.07. The third-order valence-corrected chi connectivity index (χ3v) is 5.33. The molecule has 1 saturated heterocycles. The quantitative estimate of drug-likeness (QED) is 0.707. The Morgan fingerprint density at radius 3 is 2.65 bits per heavy atom. The Morgan fingerprint density at radius 2 is 1.87 bits per heavy atom. The Morgan fingerprint density at radius 1 is 1.09 bits per heavy atom. The summed E-state index contributed by atoms with van der Waals surface area (Å²) in [7, 11) is 0. The SMILES string of the molecule is Ic1ccc(N2CCN(CC3=CN=C4N=CC=CC34)CC2)cc1. The van der Waals surface area contributed by atoms with Gasteiger partial charge in [-0.15, -0.1) is 0 Å². The predicted octanol–water partition coefficient (Wildman–Crippen LogP) is 2.97. The Balaban J connectivity index is 1.33. The fourth-order valence-corrected chi connectivity index (χ4v) is 3.65. The van der Waals surface area contributed by atoms with Gasteiger partial charge in [-0.3, -0.25) is 4.90 Å². The second kappa shape index (κ2) is 6.57. The third kappa shape index (κ3) is 3.26. The van der Waals surface area contributed by atoms with E-state index >= 15 is 0 Å². The lowest BCUT2D eigenvalue weighted by Gasteiger charge is -2.36. The van der Waals surface area contributed by atoms with Gasteiger partial charge in [-0.05, 0) is 58.5 Å². The van der Waals surface area contributed by atoms with Crippen molar-refractivity contribution in [1.29, 1.82) is 0 Å². The van der Waals surface area contributed by atoms with Crippen LogP contribution in [-0.4, -0.2) is 49.7 Å². The van der Waals surface area contributed by atoms with E-state index in [1.807, 2.05) is 18.5 Å². The molecule has 5 heteroatoms. The first-order valence-corrected chi connectivity index (χ1v) is 9.08. The first-order chi connectivity index (χ1) is 11.3. The maximum atomic E-state index is 4.44. The summed E-state index contributed by atoms with van der Waals surface area (Å²) in [6.45, 7) is 5.36. The molecular formula is C18H19IN4. The highest BCUT2D eigenvalue weighted by Gasteiger charge is 2.26. The Bertz CT molecular complexity index is 694. The van der Waals surface area contributed by atoms with E-state index in [0.717, 1.165) is 38.6 Å². The van der Waals surface area contributed by atoms with E-state index in [4.69, 9.17) is 0 Å². The Hall–Kier alpha value is -1.47. The minimum atomic E-state index is 0.300. The molecule has 4 nitrogen and oxygen atoms in total. The number of halogens is 1. The molecule has 3 aliphatic rings. The molecule has 0 aliphatic carbocycles. The van der Waals surface area contributed by atoms with Crippen molar-refractivity contribution in [3.05, 3.63) is 51.8 Å². The van der Waals surface area contributed by atoms with Gasteiger partial charge in [-0.25, -0.2) is 9.98 Å². The molecular weight excluding hydrogens is 399 g/mol. The topological polar surface area (TPSA) is 31.2 Å². The van der Waals surface area contributed by atoms with E-state index in [1.165, 1.54) is 14.8 Å². The molecule has 4 rings (SSSR count). The van der Waals surface area contributed by atoms with Crippen molar-refractivity contribution in [3.63, 3.8) is 0 Å². The van der Waals surface area contributed by atoms with Crippen molar-refractivity contribution in [2.75, 3.05) is 37.6 Å². The number of rotatable bonds is 3. The van der Waals surface area contributed by atoms with Gasteiger partial charge in [0.25, 0.3) is 0 Å². The van der Waals surface area contributed by atoms with Crippen LogP contribution in [0.1, 0.15) is 0 Å². The summed E-state index contributed by atoms with van der Waals surface area (Å²) < 4.78 is 1.29. The van der Waals surface area contributed by atoms with Crippen molar-refractivity contribution < 1.29 is 0 Å². The molecule has 0 spiro atoms. The second-order valence-corrected chi connectivity index (χ2v) is 7.32. The molecule has 1 fully saturated rings. The fourth-order valence-electron chi connectivity index (χ4n) is 3.29. The first-order valence-electron chi connectivity index (χ1n) is 8.00. The Labute approximate surface area is 150 Å². The van der Waals surface area contributed by atoms with Crippen LogP contribution in [-0.2, 0) is 0 Å². The van der Waals surface area contributed by atoms with Gasteiger partial charge in [-0.2, -0.15) is 0 Å². The van der Waals surface area contributed by atoms with Gasteiger partial charge >= 0.3 is 0 Å². The van der Waals surface area contributed by atoms with E-state index in [1.54, 1.807) is 0 Å². The van der Waals surface area contributed by atoms with Crippen LogP contribution >= 0.6 is 22.6 Å². The highest BCUT2D eigenvalue weighted by Crippen LogP contribution is 2.25. The van der Waals surface area contributed by atoms with Crippen LogP contribution in [0.15, 0.2) is 58.2 Å². The zero-order chi connectivity index (χ0) is 15.6. The van der Waals surface area contributed by atoms with E-state index < -0.39 is 0 Å². The van der Waals surface area contributed by atoms with Crippen LogP contribution in [0.3, 0.4) is 0 Å². The molecule has 1 aromatic carbocycles.